The minimum atomic E-state index is -0.352. The maximum absolute atomic E-state index is 11.9. The summed E-state index contributed by atoms with van der Waals surface area (Å²) < 4.78 is 0. The third-order valence-electron chi connectivity index (χ3n) is 3.33. The van der Waals surface area contributed by atoms with Crippen LogP contribution in [-0.2, 0) is 0 Å². The van der Waals surface area contributed by atoms with Gasteiger partial charge in [-0.25, -0.2) is 4.79 Å². The highest BCUT2D eigenvalue weighted by Crippen LogP contribution is 2.22. The molecule has 2 amide bonds. The van der Waals surface area contributed by atoms with Gasteiger partial charge in [0.05, 0.1) is 5.02 Å². The fourth-order valence-electron chi connectivity index (χ4n) is 2.23. The number of ketones is 1. The molecule has 112 valence electrons. The SMILES string of the molecule is CC(=O)c1ccc(NC(=O)N[C@@H]2C=C[C@H](CO)C2)cc1Cl. The summed E-state index contributed by atoms with van der Waals surface area (Å²) >= 11 is 5.98. The number of nitrogens with one attached hydrogen (secondary N) is 2. The van der Waals surface area contributed by atoms with Crippen LogP contribution in [0.4, 0.5) is 10.5 Å². The number of hydrogen-bond donors (Lipinski definition) is 3. The highest BCUT2D eigenvalue weighted by atomic mass is 35.5. The van der Waals surface area contributed by atoms with Gasteiger partial charge in [-0.2, -0.15) is 0 Å². The summed E-state index contributed by atoms with van der Waals surface area (Å²) in [6.45, 7) is 1.52. The topological polar surface area (TPSA) is 78.4 Å². The standard InChI is InChI=1S/C15H17ClN2O3/c1-9(20)13-5-4-12(7-14(13)16)18-15(21)17-11-3-2-10(6-11)8-19/h2-5,7,10-11,19H,6,8H2,1H3,(H2,17,18,21)/t10-,11+/m0/s1. The van der Waals surface area contributed by atoms with E-state index < -0.39 is 0 Å². The molecule has 6 heteroatoms. The second-order valence-corrected chi connectivity index (χ2v) is 5.43. The van der Waals surface area contributed by atoms with Gasteiger partial charge in [0.15, 0.2) is 5.78 Å². The lowest BCUT2D eigenvalue weighted by Crippen LogP contribution is -2.36. The first-order chi connectivity index (χ1) is 9.99. The number of aliphatic hydroxyl groups is 1. The lowest BCUT2D eigenvalue weighted by atomic mass is 10.1. The Balaban J connectivity index is 1.93. The molecule has 1 aromatic rings. The fraction of sp³-hybridized carbons (Fsp3) is 0.333. The number of aliphatic hydroxyl groups excluding tert-OH is 1. The van der Waals surface area contributed by atoms with Crippen LogP contribution < -0.4 is 10.6 Å². The second kappa shape index (κ2) is 6.74. The van der Waals surface area contributed by atoms with Crippen LogP contribution in [0, 0.1) is 5.92 Å². The Morgan fingerprint density at radius 2 is 2.14 bits per heavy atom. The first-order valence-electron chi connectivity index (χ1n) is 6.66. The van der Waals surface area contributed by atoms with Crippen molar-refractivity contribution in [3.8, 4) is 0 Å². The smallest absolute Gasteiger partial charge is 0.319 e. The molecule has 1 aliphatic rings. The molecule has 0 aliphatic heterocycles. The van der Waals surface area contributed by atoms with E-state index in [0.29, 0.717) is 22.7 Å². The number of Topliss-reactive ketones (excluding diaryl/α,β-unsaturated/α-hetero) is 1. The quantitative estimate of drug-likeness (QED) is 0.591. The van der Waals surface area contributed by atoms with Gasteiger partial charge in [-0.3, -0.25) is 4.79 Å². The van der Waals surface area contributed by atoms with Crippen LogP contribution in [0.15, 0.2) is 30.4 Å². The fourth-order valence-corrected chi connectivity index (χ4v) is 2.54. The second-order valence-electron chi connectivity index (χ2n) is 5.02. The molecule has 0 unspecified atom stereocenters. The number of anilines is 1. The van der Waals surface area contributed by atoms with Gasteiger partial charge in [0, 0.05) is 29.8 Å². The third kappa shape index (κ3) is 4.06. The number of carbonyl (C=O) groups excluding carboxylic acids is 2. The number of halogens is 1. The summed E-state index contributed by atoms with van der Waals surface area (Å²) in [4.78, 5) is 23.1. The van der Waals surface area contributed by atoms with Crippen LogP contribution in [0.1, 0.15) is 23.7 Å². The van der Waals surface area contributed by atoms with Crippen molar-refractivity contribution in [2.45, 2.75) is 19.4 Å². The average molecular weight is 309 g/mol. The molecule has 0 heterocycles. The Morgan fingerprint density at radius 3 is 2.71 bits per heavy atom. The summed E-state index contributed by atoms with van der Waals surface area (Å²) in [5, 5.41) is 14.8. The van der Waals surface area contributed by atoms with Crippen LogP contribution in [0.2, 0.25) is 5.02 Å². The zero-order valence-corrected chi connectivity index (χ0v) is 12.4. The molecular formula is C15H17ClN2O3. The summed E-state index contributed by atoms with van der Waals surface area (Å²) in [6.07, 6.45) is 4.45. The van der Waals surface area contributed by atoms with Crippen molar-refractivity contribution in [1.82, 2.24) is 5.32 Å². The van der Waals surface area contributed by atoms with Crippen molar-refractivity contribution in [3.63, 3.8) is 0 Å². The predicted molar refractivity (Wildman–Crippen MR) is 81.7 cm³/mol. The maximum Gasteiger partial charge on any atom is 0.319 e. The molecule has 1 aliphatic carbocycles. The van der Waals surface area contributed by atoms with E-state index >= 15 is 0 Å². The lowest BCUT2D eigenvalue weighted by Gasteiger charge is -2.14. The molecular weight excluding hydrogens is 292 g/mol. The summed E-state index contributed by atoms with van der Waals surface area (Å²) in [6, 6.07) is 4.31. The first-order valence-corrected chi connectivity index (χ1v) is 7.04. The van der Waals surface area contributed by atoms with Crippen molar-refractivity contribution < 1.29 is 14.7 Å². The van der Waals surface area contributed by atoms with E-state index in [2.05, 4.69) is 10.6 Å². The van der Waals surface area contributed by atoms with Crippen molar-refractivity contribution in [2.75, 3.05) is 11.9 Å². The normalized spacial score (nSPS) is 20.3. The van der Waals surface area contributed by atoms with Crippen LogP contribution in [0.25, 0.3) is 0 Å². The molecule has 0 bridgehead atoms. The van der Waals surface area contributed by atoms with Gasteiger partial charge >= 0.3 is 6.03 Å². The van der Waals surface area contributed by atoms with E-state index in [4.69, 9.17) is 16.7 Å². The minimum Gasteiger partial charge on any atom is -0.396 e. The van der Waals surface area contributed by atoms with Crippen LogP contribution in [-0.4, -0.2) is 29.6 Å². The average Bonchev–Trinajstić information content (AvgIpc) is 2.85. The Labute approximate surface area is 128 Å². The van der Waals surface area contributed by atoms with Gasteiger partial charge in [0.25, 0.3) is 0 Å². The predicted octanol–water partition coefficient (Wildman–Crippen LogP) is 2.60. The van der Waals surface area contributed by atoms with E-state index in [1.165, 1.54) is 6.92 Å². The number of hydrogen-bond acceptors (Lipinski definition) is 3. The number of urea groups is 1. The molecule has 2 rings (SSSR count). The zero-order valence-electron chi connectivity index (χ0n) is 11.6. The Kier molecular flexibility index (Phi) is 4.98. The molecule has 0 saturated carbocycles. The molecule has 2 atom stereocenters. The molecule has 0 spiro atoms. The highest BCUT2D eigenvalue weighted by Gasteiger charge is 2.19. The van der Waals surface area contributed by atoms with Crippen LogP contribution in [0.5, 0.6) is 0 Å². The Morgan fingerprint density at radius 1 is 1.38 bits per heavy atom. The molecule has 3 N–H and O–H groups in total. The lowest BCUT2D eigenvalue weighted by molar-refractivity contribution is 0.101. The summed E-state index contributed by atoms with van der Waals surface area (Å²) in [5.41, 5.74) is 0.940. The molecule has 0 saturated heterocycles. The van der Waals surface area contributed by atoms with E-state index in [-0.39, 0.29) is 30.4 Å². The van der Waals surface area contributed by atoms with Crippen molar-refractivity contribution in [3.05, 3.63) is 40.9 Å². The monoisotopic (exact) mass is 308 g/mol. The van der Waals surface area contributed by atoms with Crippen molar-refractivity contribution >= 4 is 29.1 Å². The van der Waals surface area contributed by atoms with E-state index in [1.54, 1.807) is 18.2 Å². The highest BCUT2D eigenvalue weighted by molar-refractivity contribution is 6.34. The van der Waals surface area contributed by atoms with Gasteiger partial charge in [-0.05, 0) is 31.5 Å². The van der Waals surface area contributed by atoms with Crippen LogP contribution in [0.3, 0.4) is 0 Å². The van der Waals surface area contributed by atoms with Crippen molar-refractivity contribution in [2.24, 2.45) is 5.92 Å². The van der Waals surface area contributed by atoms with Gasteiger partial charge in [0.2, 0.25) is 0 Å². The Hall–Kier alpha value is -1.85. The number of benzene rings is 1. The van der Waals surface area contributed by atoms with Crippen LogP contribution >= 0.6 is 11.6 Å². The zero-order chi connectivity index (χ0) is 15.4. The molecule has 0 aromatic heterocycles. The van der Waals surface area contributed by atoms with E-state index in [1.807, 2.05) is 12.2 Å². The Bertz CT molecular complexity index is 586. The molecule has 0 radical (unpaired) electrons. The minimum absolute atomic E-state index is 0.0818. The maximum atomic E-state index is 11.9. The number of carbonyl (C=O) groups is 2. The van der Waals surface area contributed by atoms with Gasteiger partial charge in [-0.15, -0.1) is 0 Å². The van der Waals surface area contributed by atoms with Gasteiger partial charge in [-0.1, -0.05) is 23.8 Å². The summed E-state index contributed by atoms with van der Waals surface area (Å²) in [7, 11) is 0. The van der Waals surface area contributed by atoms with Gasteiger partial charge < -0.3 is 15.7 Å². The number of rotatable bonds is 4. The third-order valence-corrected chi connectivity index (χ3v) is 3.64. The summed E-state index contributed by atoms with van der Waals surface area (Å²) in [5.74, 6) is -0.0262. The molecule has 21 heavy (non-hydrogen) atoms. The largest absolute Gasteiger partial charge is 0.396 e. The van der Waals surface area contributed by atoms with Crippen molar-refractivity contribution in [1.29, 1.82) is 0 Å². The van der Waals surface area contributed by atoms with Gasteiger partial charge in [0.1, 0.15) is 0 Å². The van der Waals surface area contributed by atoms with E-state index in [0.717, 1.165) is 0 Å². The molecule has 1 aromatic carbocycles. The number of amides is 2. The molecule has 5 nitrogen and oxygen atoms in total. The van der Waals surface area contributed by atoms with E-state index in [9.17, 15) is 9.59 Å². The molecule has 0 fully saturated rings. The first kappa shape index (κ1) is 15.5.